The van der Waals surface area contributed by atoms with Crippen LogP contribution in [-0.4, -0.2) is 36.0 Å². The summed E-state index contributed by atoms with van der Waals surface area (Å²) in [5.74, 6) is 0.780. The number of hydrogen-bond donors (Lipinski definition) is 1. The van der Waals surface area contributed by atoms with Gasteiger partial charge in [-0.15, -0.1) is 0 Å². The molecule has 0 aromatic rings. The highest BCUT2D eigenvalue weighted by atomic mass is 16.2. The first-order chi connectivity index (χ1) is 7.00. The maximum atomic E-state index is 11.9. The Morgan fingerprint density at radius 2 is 1.93 bits per heavy atom. The molecule has 0 spiro atoms. The van der Waals surface area contributed by atoms with Crippen LogP contribution in [0.5, 0.6) is 0 Å². The Labute approximate surface area is 93.2 Å². The summed E-state index contributed by atoms with van der Waals surface area (Å²) in [6, 6.07) is 0.919. The van der Waals surface area contributed by atoms with Gasteiger partial charge in [0.25, 0.3) is 0 Å². The lowest BCUT2D eigenvalue weighted by Crippen LogP contribution is -2.44. The Morgan fingerprint density at radius 3 is 2.33 bits per heavy atom. The van der Waals surface area contributed by atoms with Crippen LogP contribution in [0.1, 0.15) is 40.5 Å². The lowest BCUT2D eigenvalue weighted by atomic mass is 10.2. The minimum Gasteiger partial charge on any atom is -0.339 e. The number of carbonyl (C=O) groups is 1. The maximum absolute atomic E-state index is 11.9. The first-order valence-corrected chi connectivity index (χ1v) is 6.03. The first kappa shape index (κ1) is 12.5. The van der Waals surface area contributed by atoms with E-state index < -0.39 is 0 Å². The fourth-order valence-corrected chi connectivity index (χ4v) is 1.61. The van der Waals surface area contributed by atoms with Crippen molar-refractivity contribution >= 4 is 5.91 Å². The number of rotatable bonds is 6. The fourth-order valence-electron chi connectivity index (χ4n) is 1.61. The predicted octanol–water partition coefficient (Wildman–Crippen LogP) is 1.63. The van der Waals surface area contributed by atoms with Crippen molar-refractivity contribution in [3.63, 3.8) is 0 Å². The normalized spacial score (nSPS) is 16.1. The van der Waals surface area contributed by atoms with Gasteiger partial charge < -0.3 is 10.2 Å². The summed E-state index contributed by atoms with van der Waals surface area (Å²) in [5.41, 5.74) is 0. The third-order valence-corrected chi connectivity index (χ3v) is 2.62. The van der Waals surface area contributed by atoms with E-state index in [1.54, 1.807) is 0 Å². The Balaban J connectivity index is 2.34. The molecule has 15 heavy (non-hydrogen) atoms. The summed E-state index contributed by atoms with van der Waals surface area (Å²) in [5, 5.41) is 3.27. The zero-order valence-corrected chi connectivity index (χ0v) is 10.4. The summed E-state index contributed by atoms with van der Waals surface area (Å²) < 4.78 is 0. The van der Waals surface area contributed by atoms with Crippen molar-refractivity contribution in [1.29, 1.82) is 0 Å². The molecule has 0 bridgehead atoms. The molecule has 0 aliphatic heterocycles. The third-order valence-electron chi connectivity index (χ3n) is 2.62. The molecule has 1 aliphatic rings. The zero-order valence-electron chi connectivity index (χ0n) is 10.4. The van der Waals surface area contributed by atoms with E-state index in [1.165, 1.54) is 12.8 Å². The molecule has 0 aromatic heterocycles. The highest BCUT2D eigenvalue weighted by Gasteiger charge is 2.23. The first-order valence-electron chi connectivity index (χ1n) is 6.03. The smallest absolute Gasteiger partial charge is 0.236 e. The van der Waals surface area contributed by atoms with Crippen LogP contribution >= 0.6 is 0 Å². The highest BCUT2D eigenvalue weighted by Crippen LogP contribution is 2.18. The average Bonchev–Trinajstić information content (AvgIpc) is 2.93. The number of amides is 1. The van der Waals surface area contributed by atoms with Gasteiger partial charge in [-0.1, -0.05) is 13.8 Å². The minimum absolute atomic E-state index is 0.241. The van der Waals surface area contributed by atoms with Gasteiger partial charge in [-0.05, 0) is 32.6 Å². The van der Waals surface area contributed by atoms with Crippen LogP contribution in [-0.2, 0) is 4.79 Å². The molecule has 0 heterocycles. The molecule has 88 valence electrons. The number of nitrogens with zero attached hydrogens (tertiary/aromatic N) is 1. The molecule has 0 atom stereocenters. The van der Waals surface area contributed by atoms with Crippen LogP contribution < -0.4 is 5.32 Å². The Morgan fingerprint density at radius 1 is 1.33 bits per heavy atom. The van der Waals surface area contributed by atoms with Gasteiger partial charge in [-0.3, -0.25) is 4.79 Å². The summed E-state index contributed by atoms with van der Waals surface area (Å²) in [4.78, 5) is 13.9. The van der Waals surface area contributed by atoms with Gasteiger partial charge in [0.15, 0.2) is 0 Å². The molecule has 3 nitrogen and oxygen atoms in total. The van der Waals surface area contributed by atoms with E-state index in [9.17, 15) is 4.79 Å². The van der Waals surface area contributed by atoms with Crippen molar-refractivity contribution in [2.75, 3.05) is 13.1 Å². The van der Waals surface area contributed by atoms with Crippen molar-refractivity contribution in [3.05, 3.63) is 0 Å². The second-order valence-corrected chi connectivity index (χ2v) is 5.19. The molecule has 1 amide bonds. The van der Waals surface area contributed by atoms with Crippen LogP contribution in [0.25, 0.3) is 0 Å². The molecule has 1 N–H and O–H groups in total. The second-order valence-electron chi connectivity index (χ2n) is 5.19. The largest absolute Gasteiger partial charge is 0.339 e. The van der Waals surface area contributed by atoms with Crippen LogP contribution in [0, 0.1) is 5.92 Å². The maximum Gasteiger partial charge on any atom is 0.236 e. The molecule has 3 heteroatoms. The van der Waals surface area contributed by atoms with Gasteiger partial charge in [0.1, 0.15) is 0 Å². The molecule has 1 rings (SSSR count). The van der Waals surface area contributed by atoms with Crippen molar-refractivity contribution in [3.8, 4) is 0 Å². The van der Waals surface area contributed by atoms with Gasteiger partial charge >= 0.3 is 0 Å². The fraction of sp³-hybridized carbons (Fsp3) is 0.917. The van der Waals surface area contributed by atoms with Gasteiger partial charge in [-0.2, -0.15) is 0 Å². The Bertz CT molecular complexity index is 210. The van der Waals surface area contributed by atoms with Gasteiger partial charge in [0.2, 0.25) is 5.91 Å². The average molecular weight is 212 g/mol. The molecule has 1 fully saturated rings. The van der Waals surface area contributed by atoms with Crippen molar-refractivity contribution < 1.29 is 4.79 Å². The lowest BCUT2D eigenvalue weighted by Gasteiger charge is -2.28. The van der Waals surface area contributed by atoms with E-state index in [1.807, 2.05) is 4.90 Å². The molecule has 0 aromatic carbocycles. The quantitative estimate of drug-likeness (QED) is 0.726. The Hall–Kier alpha value is -0.570. The molecular weight excluding hydrogens is 188 g/mol. The molecule has 0 radical (unpaired) electrons. The lowest BCUT2D eigenvalue weighted by molar-refractivity contribution is -0.132. The molecule has 1 saturated carbocycles. The van der Waals surface area contributed by atoms with Crippen LogP contribution in [0.15, 0.2) is 0 Å². The van der Waals surface area contributed by atoms with Crippen LogP contribution in [0.4, 0.5) is 0 Å². The van der Waals surface area contributed by atoms with E-state index in [-0.39, 0.29) is 5.91 Å². The van der Waals surface area contributed by atoms with Crippen molar-refractivity contribution in [2.45, 2.75) is 52.6 Å². The van der Waals surface area contributed by atoms with Crippen molar-refractivity contribution in [1.82, 2.24) is 10.2 Å². The monoisotopic (exact) mass is 212 g/mol. The number of nitrogens with one attached hydrogen (secondary N) is 1. The molecule has 0 saturated heterocycles. The van der Waals surface area contributed by atoms with Gasteiger partial charge in [0, 0.05) is 18.6 Å². The van der Waals surface area contributed by atoms with Gasteiger partial charge in [0.05, 0.1) is 6.54 Å². The summed E-state index contributed by atoms with van der Waals surface area (Å²) in [7, 11) is 0. The molecule has 1 aliphatic carbocycles. The number of carbonyl (C=O) groups excluding carboxylic acids is 1. The topological polar surface area (TPSA) is 32.3 Å². The van der Waals surface area contributed by atoms with Crippen LogP contribution in [0.3, 0.4) is 0 Å². The molecular formula is C12H24N2O. The van der Waals surface area contributed by atoms with Crippen molar-refractivity contribution in [2.24, 2.45) is 5.92 Å². The molecule has 0 unspecified atom stereocenters. The zero-order chi connectivity index (χ0) is 11.4. The summed E-state index contributed by atoms with van der Waals surface area (Å²) >= 11 is 0. The van der Waals surface area contributed by atoms with E-state index in [0.717, 1.165) is 6.54 Å². The Kier molecular flexibility index (Phi) is 4.58. The van der Waals surface area contributed by atoms with Gasteiger partial charge in [-0.25, -0.2) is 0 Å². The SMILES string of the molecule is CC(C)CN(C(=O)CNC1CC1)C(C)C. The number of hydrogen-bond acceptors (Lipinski definition) is 2. The predicted molar refractivity (Wildman–Crippen MR) is 62.7 cm³/mol. The van der Waals surface area contributed by atoms with E-state index in [4.69, 9.17) is 0 Å². The third kappa shape index (κ3) is 4.65. The van der Waals surface area contributed by atoms with E-state index >= 15 is 0 Å². The summed E-state index contributed by atoms with van der Waals surface area (Å²) in [6.07, 6.45) is 2.47. The van der Waals surface area contributed by atoms with E-state index in [2.05, 4.69) is 33.0 Å². The highest BCUT2D eigenvalue weighted by molar-refractivity contribution is 5.78. The minimum atomic E-state index is 0.241. The van der Waals surface area contributed by atoms with Crippen LogP contribution in [0.2, 0.25) is 0 Å². The standard InChI is InChI=1S/C12H24N2O/c1-9(2)8-14(10(3)4)12(15)7-13-11-5-6-11/h9-11,13H,5-8H2,1-4H3. The summed E-state index contributed by atoms with van der Waals surface area (Å²) in [6.45, 7) is 9.83. The second kappa shape index (κ2) is 5.50. The van der Waals surface area contributed by atoms with E-state index in [0.29, 0.717) is 24.5 Å².